The van der Waals surface area contributed by atoms with Crippen LogP contribution in [0.15, 0.2) is 94.6 Å². The second-order valence-corrected chi connectivity index (χ2v) is 15.0. The highest BCUT2D eigenvalue weighted by atomic mass is 32.2. The van der Waals surface area contributed by atoms with E-state index in [9.17, 15) is 13.2 Å². The highest BCUT2D eigenvalue weighted by molar-refractivity contribution is 7.90. The summed E-state index contributed by atoms with van der Waals surface area (Å²) in [6.45, 7) is 11.5. The van der Waals surface area contributed by atoms with Gasteiger partial charge in [0.25, 0.3) is 0 Å². The summed E-state index contributed by atoms with van der Waals surface area (Å²) in [6.07, 6.45) is 2.37. The number of rotatable bonds is 12. The molecule has 0 aliphatic heterocycles. The molecule has 8 nitrogen and oxygen atoms in total. The van der Waals surface area contributed by atoms with E-state index < -0.39 is 9.84 Å². The molecule has 0 N–H and O–H groups in total. The summed E-state index contributed by atoms with van der Waals surface area (Å²) < 4.78 is 35.1. The van der Waals surface area contributed by atoms with Crippen LogP contribution in [0.4, 0.5) is 0 Å². The van der Waals surface area contributed by atoms with E-state index in [2.05, 4.69) is 57.2 Å². The molecule has 2 heterocycles. The lowest BCUT2D eigenvalue weighted by Gasteiger charge is -2.19. The minimum Gasteiger partial charge on any atom is -0.495 e. The van der Waals surface area contributed by atoms with Crippen LogP contribution in [-0.4, -0.2) is 34.9 Å². The highest BCUT2D eigenvalue weighted by Gasteiger charge is 2.20. The van der Waals surface area contributed by atoms with Crippen molar-refractivity contribution in [3.05, 3.63) is 129 Å². The smallest absolute Gasteiger partial charge is 0.346 e. The molecule has 0 unspecified atom stereocenters. The zero-order valence-electron chi connectivity index (χ0n) is 28.2. The van der Waals surface area contributed by atoms with Crippen LogP contribution in [0.1, 0.15) is 67.9 Å². The molecule has 5 aromatic rings. The Balaban J connectivity index is 1.24. The summed E-state index contributed by atoms with van der Waals surface area (Å²) in [7, 11) is -2.08. The molecule has 0 fully saturated rings. The predicted molar refractivity (Wildman–Crippen MR) is 187 cm³/mol. The Morgan fingerprint density at radius 3 is 2.11 bits per heavy atom. The van der Waals surface area contributed by atoms with E-state index in [1.165, 1.54) is 12.7 Å². The van der Waals surface area contributed by atoms with Crippen LogP contribution >= 0.6 is 0 Å². The van der Waals surface area contributed by atoms with E-state index in [1.807, 2.05) is 32.0 Å². The third kappa shape index (κ3) is 8.08. The van der Waals surface area contributed by atoms with Crippen LogP contribution in [-0.2, 0) is 46.9 Å². The topological polar surface area (TPSA) is 96.1 Å². The summed E-state index contributed by atoms with van der Waals surface area (Å²) in [4.78, 5) is 18.1. The number of aromatic nitrogens is 4. The van der Waals surface area contributed by atoms with Crippen molar-refractivity contribution in [2.75, 3.05) is 7.11 Å². The minimum atomic E-state index is -3.60. The molecule has 0 atom stereocenters. The lowest BCUT2D eigenvalue weighted by atomic mass is 9.87. The first kappa shape index (κ1) is 33.9. The van der Waals surface area contributed by atoms with Gasteiger partial charge in [0.15, 0.2) is 9.84 Å². The molecule has 5 rings (SSSR count). The standard InChI is InChI=1S/C38H44N4O4S/c1-7-41-36(40-42(37(41)43)25-29-15-19-31(20-16-29)38(3,4)5)10-8-9-28-13-17-30(18-14-28)33-23-24-35(46-6)34(39-33)26-47(44,45)32-21-11-27(2)12-22-32/h11-24H,7-10,25-26H2,1-6H3. The fraction of sp³-hybridized carbons (Fsp3) is 0.342. The normalized spacial score (nSPS) is 12.0. The first-order chi connectivity index (χ1) is 22.4. The maximum Gasteiger partial charge on any atom is 0.346 e. The summed E-state index contributed by atoms with van der Waals surface area (Å²) in [5, 5.41) is 4.71. The van der Waals surface area contributed by atoms with Crippen molar-refractivity contribution in [2.45, 2.75) is 83.0 Å². The van der Waals surface area contributed by atoms with E-state index in [1.54, 1.807) is 39.6 Å². The van der Waals surface area contributed by atoms with Gasteiger partial charge in [-0.15, -0.1) is 0 Å². The zero-order valence-corrected chi connectivity index (χ0v) is 29.0. The van der Waals surface area contributed by atoms with Gasteiger partial charge in [-0.3, -0.25) is 4.57 Å². The first-order valence-electron chi connectivity index (χ1n) is 16.1. The lowest BCUT2D eigenvalue weighted by Crippen LogP contribution is -2.25. The van der Waals surface area contributed by atoms with Gasteiger partial charge in [-0.2, -0.15) is 5.10 Å². The summed E-state index contributed by atoms with van der Waals surface area (Å²) in [5.41, 5.74) is 6.41. The van der Waals surface area contributed by atoms with Gasteiger partial charge in [-0.25, -0.2) is 22.9 Å². The molecule has 0 aliphatic carbocycles. The summed E-state index contributed by atoms with van der Waals surface area (Å²) in [6, 6.07) is 27.0. The van der Waals surface area contributed by atoms with Gasteiger partial charge in [0, 0.05) is 18.5 Å². The molecule has 0 saturated carbocycles. The Morgan fingerprint density at radius 2 is 1.49 bits per heavy atom. The maximum absolute atomic E-state index is 13.1. The number of methoxy groups -OCH3 is 1. The zero-order chi connectivity index (χ0) is 33.8. The number of nitrogens with zero attached hydrogens (tertiary/aromatic N) is 4. The van der Waals surface area contributed by atoms with Crippen LogP contribution in [0.3, 0.4) is 0 Å². The molecule has 0 radical (unpaired) electrons. The summed E-state index contributed by atoms with van der Waals surface area (Å²) in [5.74, 6) is 0.983. The molecule has 9 heteroatoms. The molecule has 0 saturated heterocycles. The third-order valence-electron chi connectivity index (χ3n) is 8.44. The predicted octanol–water partition coefficient (Wildman–Crippen LogP) is 6.94. The number of benzene rings is 3. The largest absolute Gasteiger partial charge is 0.495 e. The molecule has 47 heavy (non-hydrogen) atoms. The van der Waals surface area contributed by atoms with Gasteiger partial charge < -0.3 is 4.74 Å². The van der Waals surface area contributed by atoms with Crippen LogP contribution in [0.5, 0.6) is 5.75 Å². The van der Waals surface area contributed by atoms with Crippen LogP contribution in [0, 0.1) is 6.92 Å². The van der Waals surface area contributed by atoms with Crippen molar-refractivity contribution in [3.63, 3.8) is 0 Å². The number of hydrogen-bond donors (Lipinski definition) is 0. The Hall–Kier alpha value is -4.50. The first-order valence-corrected chi connectivity index (χ1v) is 17.7. The second kappa shape index (κ2) is 14.1. The van der Waals surface area contributed by atoms with Gasteiger partial charge in [0.2, 0.25) is 0 Å². The van der Waals surface area contributed by atoms with Gasteiger partial charge in [-0.05, 0) is 73.1 Å². The maximum atomic E-state index is 13.1. The quantitative estimate of drug-likeness (QED) is 0.145. The van der Waals surface area contributed by atoms with Gasteiger partial charge in [0.05, 0.1) is 29.9 Å². The molecule has 0 amide bonds. The molecular formula is C38H44N4O4S. The Labute approximate surface area is 278 Å². The van der Waals surface area contributed by atoms with Crippen LogP contribution in [0.2, 0.25) is 0 Å². The van der Waals surface area contributed by atoms with E-state index in [4.69, 9.17) is 14.8 Å². The minimum absolute atomic E-state index is 0.0789. The molecule has 3 aromatic carbocycles. The summed E-state index contributed by atoms with van der Waals surface area (Å²) >= 11 is 0. The van der Waals surface area contributed by atoms with E-state index in [-0.39, 0.29) is 21.8 Å². The van der Waals surface area contributed by atoms with Crippen molar-refractivity contribution in [1.29, 1.82) is 0 Å². The van der Waals surface area contributed by atoms with Crippen molar-refractivity contribution >= 4 is 9.84 Å². The van der Waals surface area contributed by atoms with Crippen LogP contribution in [0.25, 0.3) is 11.3 Å². The molecule has 0 aliphatic rings. The SMILES string of the molecule is CCn1c(CCCc2ccc(-c3ccc(OC)c(CS(=O)(=O)c4ccc(C)cc4)n3)cc2)nn(Cc2ccc(C(C)(C)C)cc2)c1=O. The Kier molecular flexibility index (Phi) is 10.2. The molecule has 2 aromatic heterocycles. The van der Waals surface area contributed by atoms with Crippen molar-refractivity contribution in [1.82, 2.24) is 19.3 Å². The third-order valence-corrected chi connectivity index (χ3v) is 10.1. The van der Waals surface area contributed by atoms with Crippen LogP contribution < -0.4 is 10.4 Å². The van der Waals surface area contributed by atoms with E-state index in [0.717, 1.165) is 40.9 Å². The average Bonchev–Trinajstić information content (AvgIpc) is 3.34. The number of hydrogen-bond acceptors (Lipinski definition) is 6. The van der Waals surface area contributed by atoms with Crippen molar-refractivity contribution in [2.24, 2.45) is 0 Å². The lowest BCUT2D eigenvalue weighted by molar-refractivity contribution is 0.408. The number of pyridine rings is 1. The molecular weight excluding hydrogens is 609 g/mol. The number of aryl methyl sites for hydroxylation is 3. The highest BCUT2D eigenvalue weighted by Crippen LogP contribution is 2.27. The Bertz CT molecular complexity index is 1990. The fourth-order valence-corrected chi connectivity index (χ4v) is 6.90. The second-order valence-electron chi connectivity index (χ2n) is 13.0. The monoisotopic (exact) mass is 652 g/mol. The molecule has 0 bridgehead atoms. The number of sulfone groups is 1. The van der Waals surface area contributed by atoms with E-state index >= 15 is 0 Å². The van der Waals surface area contributed by atoms with Crippen molar-refractivity contribution in [3.8, 4) is 17.0 Å². The van der Waals surface area contributed by atoms with E-state index in [0.29, 0.717) is 36.6 Å². The molecule has 246 valence electrons. The molecule has 0 spiro atoms. The Morgan fingerprint density at radius 1 is 0.830 bits per heavy atom. The van der Waals surface area contributed by atoms with Gasteiger partial charge in [-0.1, -0.05) is 87.0 Å². The number of ether oxygens (including phenoxy) is 1. The average molecular weight is 653 g/mol. The van der Waals surface area contributed by atoms with Gasteiger partial charge >= 0.3 is 5.69 Å². The van der Waals surface area contributed by atoms with Crippen molar-refractivity contribution < 1.29 is 13.2 Å². The van der Waals surface area contributed by atoms with Gasteiger partial charge in [0.1, 0.15) is 17.3 Å². The fourth-order valence-electron chi connectivity index (χ4n) is 5.61.